The third kappa shape index (κ3) is 47.0. The maximum absolute atomic E-state index is 12.5. The highest BCUT2D eigenvalue weighted by Crippen LogP contribution is 2.15. The zero-order chi connectivity index (χ0) is 41.5. The van der Waals surface area contributed by atoms with Gasteiger partial charge in [0.15, 0.2) is 0 Å². The maximum atomic E-state index is 12.5. The van der Waals surface area contributed by atoms with Crippen LogP contribution in [-0.2, 0) is 24.2 Å². The molecule has 2 unspecified atom stereocenters. The van der Waals surface area contributed by atoms with E-state index in [0.717, 1.165) is 50.4 Å². The van der Waals surface area contributed by atoms with Crippen LogP contribution in [0.3, 0.4) is 0 Å². The molecule has 0 spiro atoms. The Hall–Kier alpha value is -1.23. The van der Waals surface area contributed by atoms with Crippen LogP contribution in [0.15, 0.2) is 0 Å². The second kappa shape index (κ2) is 39.6. The van der Waals surface area contributed by atoms with Gasteiger partial charge in [-0.2, -0.15) is 0 Å². The summed E-state index contributed by atoms with van der Waals surface area (Å²) in [6.07, 6.45) is 41.6. The molecule has 10 heteroatoms. The highest BCUT2D eigenvalue weighted by Gasteiger charge is 2.24. The Balaban J connectivity index is 0. The summed E-state index contributed by atoms with van der Waals surface area (Å²) in [5.41, 5.74) is 0. The van der Waals surface area contributed by atoms with Crippen LogP contribution in [0.5, 0.6) is 0 Å². The Morgan fingerprint density at radius 1 is 0.491 bits per heavy atom. The van der Waals surface area contributed by atoms with Crippen molar-refractivity contribution in [3.63, 3.8) is 0 Å². The Morgan fingerprint density at radius 2 is 0.691 bits per heavy atom. The van der Waals surface area contributed by atoms with Gasteiger partial charge < -0.3 is 19.7 Å². The van der Waals surface area contributed by atoms with Gasteiger partial charge in [0.25, 0.3) is 0 Å². The predicted octanol–water partition coefficient (Wildman–Crippen LogP) is 11.7. The van der Waals surface area contributed by atoms with Crippen molar-refractivity contribution in [2.45, 2.75) is 245 Å². The normalized spacial score (nSPS) is 12.9. The molecule has 0 saturated heterocycles. The molecule has 330 valence electrons. The SMILES string of the molecule is CCCCCCCCCCCCCCCCCC(=O)NC(C)C[N+](C)(C)CC(C)NC(=O)CCCCCCCCCCCCCCCCC.COS(=O)(=O)[O-]. The quantitative estimate of drug-likeness (QED) is 0.0276. The lowest BCUT2D eigenvalue weighted by molar-refractivity contribution is -0.892. The molecule has 0 aliphatic carbocycles. The number of likely N-dealkylation sites (N-methyl/N-ethyl adjacent to an activating group) is 1. The summed E-state index contributed by atoms with van der Waals surface area (Å²) < 4.78 is 31.8. The minimum atomic E-state index is -4.41. The average Bonchev–Trinajstić information content (AvgIpc) is 3.10. The molecule has 0 heterocycles. The van der Waals surface area contributed by atoms with Gasteiger partial charge in [-0.1, -0.05) is 194 Å². The van der Waals surface area contributed by atoms with Gasteiger partial charge in [0, 0.05) is 12.8 Å². The van der Waals surface area contributed by atoms with Crippen molar-refractivity contribution < 1.29 is 31.2 Å². The van der Waals surface area contributed by atoms with Crippen molar-refractivity contribution in [3.05, 3.63) is 0 Å². The number of hydrogen-bond acceptors (Lipinski definition) is 6. The van der Waals surface area contributed by atoms with Crippen LogP contribution >= 0.6 is 0 Å². The van der Waals surface area contributed by atoms with E-state index in [1.54, 1.807) is 0 Å². The fraction of sp³-hybridized carbons (Fsp3) is 0.956. The topological polar surface area (TPSA) is 125 Å². The number of carbonyl (C=O) groups is 2. The highest BCUT2D eigenvalue weighted by atomic mass is 32.3. The Morgan fingerprint density at radius 3 is 0.891 bits per heavy atom. The summed E-state index contributed by atoms with van der Waals surface area (Å²) in [5.74, 6) is 0.374. The molecule has 0 radical (unpaired) electrons. The summed E-state index contributed by atoms with van der Waals surface area (Å²) in [7, 11) is 0.802. The van der Waals surface area contributed by atoms with Gasteiger partial charge in [0.05, 0.1) is 46.4 Å². The first-order valence-electron chi connectivity index (χ1n) is 23.2. The lowest BCUT2D eigenvalue weighted by Crippen LogP contribution is -2.55. The number of quaternary nitrogens is 1. The first-order chi connectivity index (χ1) is 26.3. The van der Waals surface area contributed by atoms with E-state index in [1.807, 2.05) is 0 Å². The Bertz CT molecular complexity index is 904. The third-order valence-corrected chi connectivity index (χ3v) is 11.0. The van der Waals surface area contributed by atoms with Gasteiger partial charge in [-0.15, -0.1) is 0 Å². The number of amides is 2. The molecule has 2 atom stereocenters. The number of unbranched alkanes of at least 4 members (excludes halogenated alkanes) is 28. The minimum Gasteiger partial charge on any atom is -0.726 e. The monoisotopic (exact) mass is 804 g/mol. The number of nitrogens with zero attached hydrogens (tertiary/aromatic N) is 1. The van der Waals surface area contributed by atoms with Crippen molar-refractivity contribution in [2.24, 2.45) is 0 Å². The van der Waals surface area contributed by atoms with E-state index in [4.69, 9.17) is 0 Å². The summed E-state index contributed by atoms with van der Waals surface area (Å²) in [6.45, 7) is 10.5. The van der Waals surface area contributed by atoms with E-state index < -0.39 is 10.4 Å². The summed E-state index contributed by atoms with van der Waals surface area (Å²) >= 11 is 0. The van der Waals surface area contributed by atoms with E-state index in [-0.39, 0.29) is 23.9 Å². The van der Waals surface area contributed by atoms with E-state index in [1.165, 1.54) is 167 Å². The number of carbonyl (C=O) groups excluding carboxylic acids is 2. The second-order valence-electron chi connectivity index (χ2n) is 17.2. The molecule has 0 aromatic rings. The van der Waals surface area contributed by atoms with Crippen LogP contribution in [0.2, 0.25) is 0 Å². The predicted molar refractivity (Wildman–Crippen MR) is 233 cm³/mol. The molecule has 0 aromatic carbocycles. The summed E-state index contributed by atoms with van der Waals surface area (Å²) in [6, 6.07) is 0.254. The molecule has 0 aliphatic rings. The number of hydrogen-bond donors (Lipinski definition) is 2. The molecule has 0 bridgehead atoms. The van der Waals surface area contributed by atoms with Crippen molar-refractivity contribution in [1.82, 2.24) is 10.6 Å². The zero-order valence-corrected chi connectivity index (χ0v) is 38.3. The lowest BCUT2D eigenvalue weighted by atomic mass is 10.0. The molecule has 0 saturated carbocycles. The number of rotatable bonds is 39. The Labute approximate surface area is 342 Å². The molecule has 55 heavy (non-hydrogen) atoms. The van der Waals surface area contributed by atoms with Crippen LogP contribution < -0.4 is 10.6 Å². The Kier molecular flexibility index (Phi) is 40.2. The van der Waals surface area contributed by atoms with Gasteiger partial charge in [-0.3, -0.25) is 13.8 Å². The molecular formula is C45H93N3O6S. The van der Waals surface area contributed by atoms with Gasteiger partial charge in [-0.05, 0) is 26.7 Å². The zero-order valence-electron chi connectivity index (χ0n) is 37.5. The van der Waals surface area contributed by atoms with Gasteiger partial charge in [0.2, 0.25) is 22.2 Å². The molecule has 2 amide bonds. The fourth-order valence-corrected chi connectivity index (χ4v) is 7.66. The van der Waals surface area contributed by atoms with Crippen molar-refractivity contribution in [3.8, 4) is 0 Å². The van der Waals surface area contributed by atoms with Gasteiger partial charge in [-0.25, -0.2) is 8.42 Å². The molecular weight excluding hydrogens is 711 g/mol. The van der Waals surface area contributed by atoms with Crippen LogP contribution in [-0.4, -0.2) is 75.6 Å². The van der Waals surface area contributed by atoms with E-state index >= 15 is 0 Å². The van der Waals surface area contributed by atoms with Gasteiger partial charge in [0.1, 0.15) is 0 Å². The molecule has 9 nitrogen and oxygen atoms in total. The van der Waals surface area contributed by atoms with E-state index in [0.29, 0.717) is 12.8 Å². The second-order valence-corrected chi connectivity index (χ2v) is 18.4. The lowest BCUT2D eigenvalue weighted by Gasteiger charge is -2.35. The van der Waals surface area contributed by atoms with Crippen LogP contribution in [0, 0.1) is 0 Å². The maximum Gasteiger partial charge on any atom is 0.220 e. The van der Waals surface area contributed by atoms with Gasteiger partial charge >= 0.3 is 0 Å². The molecule has 0 aromatic heterocycles. The molecule has 0 aliphatic heterocycles. The average molecular weight is 804 g/mol. The first-order valence-corrected chi connectivity index (χ1v) is 24.5. The molecule has 2 N–H and O–H groups in total. The van der Waals surface area contributed by atoms with E-state index in [9.17, 15) is 22.6 Å². The van der Waals surface area contributed by atoms with E-state index in [2.05, 4.69) is 56.6 Å². The fourth-order valence-electron chi connectivity index (χ4n) is 7.66. The van der Waals surface area contributed by atoms with Crippen molar-refractivity contribution in [1.29, 1.82) is 0 Å². The first kappa shape index (κ1) is 55.9. The minimum absolute atomic E-state index is 0.127. The standard InChI is InChI=1S/C44H89N3O2.CH4O4S/c1-7-9-11-13-15-17-19-21-23-25-27-29-31-33-35-37-43(48)45-41(3)39-47(5,6)40-42(4)46-44(49)38-36-34-32-30-28-26-24-22-20-18-16-14-12-10-8-2;1-5-6(2,3)4/h41-42H,7-40H2,1-6H3,(H-,45,46,48,49);1H3,(H,2,3,4). The smallest absolute Gasteiger partial charge is 0.220 e. The van der Waals surface area contributed by atoms with Crippen LogP contribution in [0.4, 0.5) is 0 Å². The van der Waals surface area contributed by atoms with Crippen molar-refractivity contribution in [2.75, 3.05) is 34.3 Å². The third-order valence-electron chi connectivity index (χ3n) is 10.6. The molecule has 0 rings (SSSR count). The van der Waals surface area contributed by atoms with Crippen molar-refractivity contribution >= 4 is 22.2 Å². The summed E-state index contributed by atoms with van der Waals surface area (Å²) in [5, 5.41) is 6.46. The van der Waals surface area contributed by atoms with Crippen LogP contribution in [0.25, 0.3) is 0 Å². The highest BCUT2D eigenvalue weighted by molar-refractivity contribution is 7.80. The largest absolute Gasteiger partial charge is 0.726 e. The molecule has 0 fully saturated rings. The number of nitrogens with one attached hydrogen (secondary N) is 2. The summed E-state index contributed by atoms with van der Waals surface area (Å²) in [4.78, 5) is 25.1. The van der Waals surface area contributed by atoms with Crippen LogP contribution in [0.1, 0.15) is 233 Å².